The topological polar surface area (TPSA) is 151 Å². The van der Waals surface area contributed by atoms with Gasteiger partial charge >= 0.3 is 0 Å². The number of nitrogens with one attached hydrogen (secondary N) is 1. The van der Waals surface area contributed by atoms with E-state index in [1.54, 1.807) is 23.0 Å². The summed E-state index contributed by atoms with van der Waals surface area (Å²) in [5.74, 6) is 2.01. The zero-order valence-corrected chi connectivity index (χ0v) is 19.0. The molecule has 12 heteroatoms. The normalized spacial score (nSPS) is 15.4. The van der Waals surface area contributed by atoms with Crippen molar-refractivity contribution in [3.05, 3.63) is 48.0 Å². The highest BCUT2D eigenvalue weighted by Crippen LogP contribution is 2.31. The van der Waals surface area contributed by atoms with Crippen LogP contribution < -0.4 is 15.0 Å². The van der Waals surface area contributed by atoms with Crippen molar-refractivity contribution in [1.29, 1.82) is 10.5 Å². The molecule has 174 valence electrons. The van der Waals surface area contributed by atoms with Gasteiger partial charge in [0.1, 0.15) is 17.3 Å². The standard InChI is InChI=1S/C23H20N10O2/c1-14-7-15(9-24)26-11-18(14)35-21-8-17(22-23(29-21)32(2)13-27-22)28-19-3-4-20(31-30-19)33-5-6-34-16(10-25)12-33/h3-4,7-8,11,13,16H,5-6,12H2,1-2H3,(H,28,29,30). The minimum atomic E-state index is -0.481. The van der Waals surface area contributed by atoms with Crippen LogP contribution in [0.25, 0.3) is 11.2 Å². The van der Waals surface area contributed by atoms with Crippen LogP contribution >= 0.6 is 0 Å². The van der Waals surface area contributed by atoms with Crippen LogP contribution in [-0.2, 0) is 11.8 Å². The Labute approximate surface area is 200 Å². The van der Waals surface area contributed by atoms with Gasteiger partial charge in [0.05, 0.1) is 37.4 Å². The van der Waals surface area contributed by atoms with Crippen molar-refractivity contribution in [3.63, 3.8) is 0 Å². The molecule has 1 fully saturated rings. The first kappa shape index (κ1) is 22.0. The van der Waals surface area contributed by atoms with E-state index in [0.29, 0.717) is 65.5 Å². The Kier molecular flexibility index (Phi) is 5.79. The van der Waals surface area contributed by atoms with Crippen molar-refractivity contribution < 1.29 is 9.47 Å². The number of pyridine rings is 2. The number of nitrogens with zero attached hydrogens (tertiary/aromatic N) is 9. The zero-order chi connectivity index (χ0) is 24.4. The van der Waals surface area contributed by atoms with Gasteiger partial charge in [0.25, 0.3) is 0 Å². The summed E-state index contributed by atoms with van der Waals surface area (Å²) in [5.41, 5.74) is 2.98. The highest BCUT2D eigenvalue weighted by molar-refractivity contribution is 5.88. The first-order valence-electron chi connectivity index (χ1n) is 10.8. The first-order valence-corrected chi connectivity index (χ1v) is 10.8. The molecular weight excluding hydrogens is 448 g/mol. The van der Waals surface area contributed by atoms with Crippen molar-refractivity contribution in [2.75, 3.05) is 29.9 Å². The van der Waals surface area contributed by atoms with Gasteiger partial charge in [-0.2, -0.15) is 15.5 Å². The van der Waals surface area contributed by atoms with Gasteiger partial charge in [-0.15, -0.1) is 10.2 Å². The van der Waals surface area contributed by atoms with Gasteiger partial charge in [0.15, 0.2) is 29.1 Å². The Morgan fingerprint density at radius 2 is 2.09 bits per heavy atom. The molecule has 1 unspecified atom stereocenters. The molecule has 0 aromatic carbocycles. The van der Waals surface area contributed by atoms with Crippen LogP contribution in [0.3, 0.4) is 0 Å². The highest BCUT2D eigenvalue weighted by Gasteiger charge is 2.21. The fourth-order valence-electron chi connectivity index (χ4n) is 3.68. The van der Waals surface area contributed by atoms with Crippen LogP contribution in [0, 0.1) is 29.6 Å². The number of aryl methyl sites for hydroxylation is 2. The maximum atomic E-state index is 9.12. The smallest absolute Gasteiger partial charge is 0.223 e. The SMILES string of the molecule is Cc1cc(C#N)ncc1Oc1cc(Nc2ccc(N3CCOC(C#N)C3)nn2)c2ncn(C)c2n1. The molecule has 1 aliphatic heterocycles. The Morgan fingerprint density at radius 3 is 2.83 bits per heavy atom. The van der Waals surface area contributed by atoms with E-state index in [-0.39, 0.29) is 0 Å². The van der Waals surface area contributed by atoms with Crippen molar-refractivity contribution in [2.45, 2.75) is 13.0 Å². The zero-order valence-electron chi connectivity index (χ0n) is 19.0. The lowest BCUT2D eigenvalue weighted by atomic mass is 10.2. The average Bonchev–Trinajstić information content (AvgIpc) is 3.26. The minimum Gasteiger partial charge on any atom is -0.437 e. The quantitative estimate of drug-likeness (QED) is 0.460. The van der Waals surface area contributed by atoms with E-state index in [4.69, 9.17) is 20.0 Å². The number of ether oxygens (including phenoxy) is 2. The van der Waals surface area contributed by atoms with Crippen molar-refractivity contribution in [1.82, 2.24) is 29.7 Å². The van der Waals surface area contributed by atoms with Gasteiger partial charge in [-0.3, -0.25) is 0 Å². The number of morpholine rings is 1. The Hall–Kier alpha value is -4.81. The lowest BCUT2D eigenvalue weighted by Gasteiger charge is -2.30. The molecule has 4 aromatic rings. The lowest BCUT2D eigenvalue weighted by molar-refractivity contribution is 0.0761. The summed E-state index contributed by atoms with van der Waals surface area (Å²) in [5, 5.41) is 30.0. The van der Waals surface area contributed by atoms with Crippen LogP contribution in [0.15, 0.2) is 36.8 Å². The molecule has 0 saturated carbocycles. The molecule has 5 rings (SSSR count). The molecule has 0 radical (unpaired) electrons. The highest BCUT2D eigenvalue weighted by atomic mass is 16.5. The van der Waals surface area contributed by atoms with Gasteiger partial charge in [-0.1, -0.05) is 0 Å². The maximum absolute atomic E-state index is 9.12. The molecule has 1 saturated heterocycles. The summed E-state index contributed by atoms with van der Waals surface area (Å²) in [7, 11) is 1.84. The second-order valence-corrected chi connectivity index (χ2v) is 7.92. The van der Waals surface area contributed by atoms with Crippen LogP contribution in [0.5, 0.6) is 11.6 Å². The van der Waals surface area contributed by atoms with E-state index in [0.717, 1.165) is 5.56 Å². The molecule has 1 N–H and O–H groups in total. The second-order valence-electron chi connectivity index (χ2n) is 7.92. The second kappa shape index (κ2) is 9.21. The third kappa shape index (κ3) is 4.51. The van der Waals surface area contributed by atoms with Crippen molar-refractivity contribution in [2.24, 2.45) is 7.05 Å². The van der Waals surface area contributed by atoms with E-state index >= 15 is 0 Å². The van der Waals surface area contributed by atoms with Gasteiger partial charge in [-0.25, -0.2) is 9.97 Å². The van der Waals surface area contributed by atoms with Gasteiger partial charge in [-0.05, 0) is 30.7 Å². The van der Waals surface area contributed by atoms with E-state index in [1.807, 2.05) is 37.1 Å². The number of imidazole rings is 1. The molecule has 0 bridgehead atoms. The number of anilines is 3. The lowest BCUT2D eigenvalue weighted by Crippen LogP contribution is -2.42. The van der Waals surface area contributed by atoms with Crippen molar-refractivity contribution >= 4 is 28.5 Å². The summed E-state index contributed by atoms with van der Waals surface area (Å²) >= 11 is 0. The fraction of sp³-hybridized carbons (Fsp3) is 0.261. The van der Waals surface area contributed by atoms with Gasteiger partial charge in [0, 0.05) is 19.7 Å². The Bertz CT molecular complexity index is 1470. The molecule has 35 heavy (non-hydrogen) atoms. The molecule has 12 nitrogen and oxygen atoms in total. The summed E-state index contributed by atoms with van der Waals surface area (Å²) in [4.78, 5) is 15.1. The maximum Gasteiger partial charge on any atom is 0.223 e. The molecule has 1 atom stereocenters. The first-order chi connectivity index (χ1) is 17.0. The number of nitriles is 2. The van der Waals surface area contributed by atoms with E-state index in [2.05, 4.69) is 36.5 Å². The molecule has 0 spiro atoms. The predicted molar refractivity (Wildman–Crippen MR) is 125 cm³/mol. The molecule has 5 heterocycles. The Morgan fingerprint density at radius 1 is 1.20 bits per heavy atom. The van der Waals surface area contributed by atoms with Gasteiger partial charge in [0.2, 0.25) is 5.88 Å². The molecular formula is C23H20N10O2. The average molecular weight is 468 g/mol. The predicted octanol–water partition coefficient (Wildman–Crippen LogP) is 2.60. The van der Waals surface area contributed by atoms with E-state index in [1.165, 1.54) is 6.20 Å². The third-order valence-electron chi connectivity index (χ3n) is 5.48. The Balaban J connectivity index is 1.41. The summed E-state index contributed by atoms with van der Waals surface area (Å²) in [6, 6.07) is 11.2. The van der Waals surface area contributed by atoms with Crippen molar-refractivity contribution in [3.8, 4) is 23.8 Å². The number of hydrogen-bond donors (Lipinski definition) is 1. The van der Waals surface area contributed by atoms with E-state index < -0.39 is 6.10 Å². The molecule has 0 amide bonds. The monoisotopic (exact) mass is 468 g/mol. The fourth-order valence-corrected chi connectivity index (χ4v) is 3.68. The van der Waals surface area contributed by atoms with Crippen LogP contribution in [0.4, 0.5) is 17.3 Å². The molecule has 0 aliphatic carbocycles. The molecule has 4 aromatic heterocycles. The summed E-state index contributed by atoms with van der Waals surface area (Å²) in [6.45, 7) is 3.39. The number of hydrogen-bond acceptors (Lipinski definition) is 11. The van der Waals surface area contributed by atoms with Crippen LogP contribution in [-0.4, -0.2) is 55.5 Å². The summed E-state index contributed by atoms with van der Waals surface area (Å²) < 4.78 is 13.2. The van der Waals surface area contributed by atoms with Crippen LogP contribution in [0.2, 0.25) is 0 Å². The van der Waals surface area contributed by atoms with Gasteiger partial charge < -0.3 is 24.3 Å². The number of fused-ring (bicyclic) bond motifs is 1. The number of rotatable bonds is 5. The van der Waals surface area contributed by atoms with Crippen LogP contribution in [0.1, 0.15) is 11.3 Å². The third-order valence-corrected chi connectivity index (χ3v) is 5.48. The number of aromatic nitrogens is 6. The largest absolute Gasteiger partial charge is 0.437 e. The molecule has 1 aliphatic rings. The minimum absolute atomic E-state index is 0.314. The summed E-state index contributed by atoms with van der Waals surface area (Å²) in [6.07, 6.45) is 2.69. The van der Waals surface area contributed by atoms with E-state index in [9.17, 15) is 0 Å².